The van der Waals surface area contributed by atoms with Crippen molar-refractivity contribution in [3.8, 4) is 6.07 Å². The molecule has 33 heavy (non-hydrogen) atoms. The Balaban J connectivity index is 2.10. The zero-order valence-electron chi connectivity index (χ0n) is 17.7. The molecule has 1 unspecified atom stereocenters. The average Bonchev–Trinajstić information content (AvgIpc) is 2.84. The summed E-state index contributed by atoms with van der Waals surface area (Å²) >= 11 is 0. The summed E-state index contributed by atoms with van der Waals surface area (Å²) < 4.78 is 33.0. The first-order valence-corrected chi connectivity index (χ1v) is 11.3. The monoisotopic (exact) mass is 463 g/mol. The Morgan fingerprint density at radius 2 is 1.61 bits per heavy atom. The zero-order chi connectivity index (χ0) is 24.0. The van der Waals surface area contributed by atoms with Gasteiger partial charge in [-0.15, -0.1) is 0 Å². The summed E-state index contributed by atoms with van der Waals surface area (Å²) in [6.45, 7) is -0.188. The SMILES string of the molecule is COC(=O)c1ccc(CN(C(C(N)=O)c2ccccc2)S(=O)(=O)c2ccc(C#N)cc2)cc1. The number of hydrogen-bond donors (Lipinski definition) is 1. The Bertz CT molecular complexity index is 1280. The van der Waals surface area contributed by atoms with Crippen molar-refractivity contribution in [1.29, 1.82) is 5.26 Å². The van der Waals surface area contributed by atoms with Crippen molar-refractivity contribution in [2.45, 2.75) is 17.5 Å². The van der Waals surface area contributed by atoms with Crippen molar-refractivity contribution in [1.82, 2.24) is 4.31 Å². The van der Waals surface area contributed by atoms with Crippen molar-refractivity contribution in [3.63, 3.8) is 0 Å². The molecule has 0 radical (unpaired) electrons. The average molecular weight is 464 g/mol. The van der Waals surface area contributed by atoms with Crippen LogP contribution in [0, 0.1) is 11.3 Å². The number of methoxy groups -OCH3 is 1. The molecule has 1 atom stereocenters. The van der Waals surface area contributed by atoms with Gasteiger partial charge in [0.25, 0.3) is 0 Å². The summed E-state index contributed by atoms with van der Waals surface area (Å²) in [7, 11) is -2.95. The van der Waals surface area contributed by atoms with Gasteiger partial charge in [0.05, 0.1) is 29.2 Å². The maximum absolute atomic E-state index is 13.6. The molecule has 0 aliphatic rings. The molecular formula is C24H21N3O5S. The molecule has 0 aliphatic heterocycles. The third-order valence-electron chi connectivity index (χ3n) is 4.98. The largest absolute Gasteiger partial charge is 0.465 e. The molecule has 0 fully saturated rings. The number of carbonyl (C=O) groups is 2. The predicted octanol–water partition coefficient (Wildman–Crippen LogP) is 2.76. The lowest BCUT2D eigenvalue weighted by Crippen LogP contribution is -2.41. The number of amides is 1. The molecule has 0 aliphatic carbocycles. The van der Waals surface area contributed by atoms with E-state index in [1.54, 1.807) is 42.5 Å². The smallest absolute Gasteiger partial charge is 0.337 e. The fraction of sp³-hybridized carbons (Fsp3) is 0.125. The van der Waals surface area contributed by atoms with Crippen LogP contribution in [-0.2, 0) is 26.1 Å². The van der Waals surface area contributed by atoms with Crippen LogP contribution >= 0.6 is 0 Å². The van der Waals surface area contributed by atoms with E-state index in [2.05, 4.69) is 4.74 Å². The lowest BCUT2D eigenvalue weighted by atomic mass is 10.1. The van der Waals surface area contributed by atoms with Crippen molar-refractivity contribution >= 4 is 21.9 Å². The summed E-state index contributed by atoms with van der Waals surface area (Å²) in [6.07, 6.45) is 0. The first-order chi connectivity index (χ1) is 15.8. The van der Waals surface area contributed by atoms with Crippen molar-refractivity contribution in [2.24, 2.45) is 5.73 Å². The highest BCUT2D eigenvalue weighted by molar-refractivity contribution is 7.89. The van der Waals surface area contributed by atoms with E-state index in [1.165, 1.54) is 43.5 Å². The number of nitriles is 1. The summed E-state index contributed by atoms with van der Waals surface area (Å²) in [4.78, 5) is 24.1. The van der Waals surface area contributed by atoms with Crippen LogP contribution in [0.5, 0.6) is 0 Å². The molecule has 0 bridgehead atoms. The maximum atomic E-state index is 13.6. The minimum Gasteiger partial charge on any atom is -0.465 e. The molecule has 3 aromatic rings. The summed E-state index contributed by atoms with van der Waals surface area (Å²) in [5.74, 6) is -1.37. The normalized spacial score (nSPS) is 12.0. The van der Waals surface area contributed by atoms with Crippen LogP contribution in [0.1, 0.15) is 33.1 Å². The van der Waals surface area contributed by atoms with Gasteiger partial charge in [-0.05, 0) is 47.5 Å². The van der Waals surface area contributed by atoms with E-state index in [1.807, 2.05) is 6.07 Å². The van der Waals surface area contributed by atoms with Crippen molar-refractivity contribution in [2.75, 3.05) is 7.11 Å². The molecule has 3 rings (SSSR count). The highest BCUT2D eigenvalue weighted by Gasteiger charge is 2.36. The number of nitrogens with two attached hydrogens (primary N) is 1. The van der Waals surface area contributed by atoms with Crippen LogP contribution in [0.3, 0.4) is 0 Å². The lowest BCUT2D eigenvalue weighted by molar-refractivity contribution is -0.122. The third kappa shape index (κ3) is 5.26. The standard InChI is InChI=1S/C24H21N3O5S/c1-32-24(29)20-11-7-18(8-12-20)16-27(22(23(26)28)19-5-3-2-4-6-19)33(30,31)21-13-9-17(15-25)10-14-21/h2-14,22H,16H2,1H3,(H2,26,28). The molecule has 0 saturated heterocycles. The molecule has 1 amide bonds. The number of hydrogen-bond acceptors (Lipinski definition) is 6. The van der Waals surface area contributed by atoms with Crippen LogP contribution in [0.2, 0.25) is 0 Å². The fourth-order valence-electron chi connectivity index (χ4n) is 3.30. The molecule has 168 valence electrons. The second kappa shape index (κ2) is 10.1. The number of nitrogens with zero attached hydrogens (tertiary/aromatic N) is 2. The molecule has 0 heterocycles. The van der Waals surface area contributed by atoms with E-state index in [9.17, 15) is 18.0 Å². The quantitative estimate of drug-likeness (QED) is 0.511. The van der Waals surface area contributed by atoms with Crippen LogP contribution in [0.15, 0.2) is 83.8 Å². The van der Waals surface area contributed by atoms with Crippen LogP contribution in [0.4, 0.5) is 0 Å². The van der Waals surface area contributed by atoms with Gasteiger partial charge >= 0.3 is 5.97 Å². The molecule has 0 saturated carbocycles. The van der Waals surface area contributed by atoms with E-state index in [4.69, 9.17) is 11.0 Å². The summed E-state index contributed by atoms with van der Waals surface area (Å²) in [6, 6.07) is 20.6. The number of rotatable bonds is 8. The molecule has 3 aromatic carbocycles. The second-order valence-corrected chi connectivity index (χ2v) is 8.98. The van der Waals surface area contributed by atoms with Gasteiger partial charge in [0.1, 0.15) is 6.04 Å². The molecule has 0 aromatic heterocycles. The van der Waals surface area contributed by atoms with Gasteiger partial charge in [-0.2, -0.15) is 9.57 Å². The number of primary amides is 1. The highest BCUT2D eigenvalue weighted by atomic mass is 32.2. The Morgan fingerprint density at radius 3 is 2.12 bits per heavy atom. The fourth-order valence-corrected chi connectivity index (χ4v) is 4.88. The second-order valence-electron chi connectivity index (χ2n) is 7.09. The van der Waals surface area contributed by atoms with Gasteiger partial charge in [0, 0.05) is 6.54 Å². The predicted molar refractivity (Wildman–Crippen MR) is 120 cm³/mol. The minimum absolute atomic E-state index is 0.0881. The molecule has 8 nitrogen and oxygen atoms in total. The minimum atomic E-state index is -4.22. The van der Waals surface area contributed by atoms with Gasteiger partial charge in [-0.3, -0.25) is 4.79 Å². The highest BCUT2D eigenvalue weighted by Crippen LogP contribution is 2.30. The van der Waals surface area contributed by atoms with Crippen LogP contribution < -0.4 is 5.73 Å². The lowest BCUT2D eigenvalue weighted by Gasteiger charge is -2.29. The number of sulfonamides is 1. The third-order valence-corrected chi connectivity index (χ3v) is 6.80. The van der Waals surface area contributed by atoms with E-state index < -0.39 is 27.9 Å². The topological polar surface area (TPSA) is 131 Å². The van der Waals surface area contributed by atoms with E-state index in [-0.39, 0.29) is 11.4 Å². The van der Waals surface area contributed by atoms with Gasteiger partial charge in [0.2, 0.25) is 15.9 Å². The van der Waals surface area contributed by atoms with Gasteiger partial charge in [0.15, 0.2) is 0 Å². The Hall–Kier alpha value is -4.00. The Morgan fingerprint density at radius 1 is 1.00 bits per heavy atom. The number of esters is 1. The summed E-state index contributed by atoms with van der Waals surface area (Å²) in [5.41, 5.74) is 7.22. The molecule has 0 spiro atoms. The van der Waals surface area contributed by atoms with E-state index >= 15 is 0 Å². The number of ether oxygens (including phenoxy) is 1. The first-order valence-electron chi connectivity index (χ1n) is 9.81. The molecular weight excluding hydrogens is 442 g/mol. The van der Waals surface area contributed by atoms with Gasteiger partial charge < -0.3 is 10.5 Å². The van der Waals surface area contributed by atoms with E-state index in [0.29, 0.717) is 22.3 Å². The van der Waals surface area contributed by atoms with Crippen molar-refractivity contribution < 1.29 is 22.7 Å². The summed E-state index contributed by atoms with van der Waals surface area (Å²) in [5, 5.41) is 9.02. The van der Waals surface area contributed by atoms with Gasteiger partial charge in [-0.1, -0.05) is 42.5 Å². The Labute approximate surface area is 191 Å². The van der Waals surface area contributed by atoms with Crippen LogP contribution in [0.25, 0.3) is 0 Å². The number of carbonyl (C=O) groups excluding carboxylic acids is 2. The Kier molecular flexibility index (Phi) is 7.23. The van der Waals surface area contributed by atoms with Crippen LogP contribution in [-0.4, -0.2) is 31.7 Å². The van der Waals surface area contributed by atoms with E-state index in [0.717, 1.165) is 4.31 Å². The molecule has 9 heteroatoms. The zero-order valence-corrected chi connectivity index (χ0v) is 18.5. The molecule has 2 N–H and O–H groups in total. The maximum Gasteiger partial charge on any atom is 0.337 e. The first kappa shape index (κ1) is 23.7. The van der Waals surface area contributed by atoms with Gasteiger partial charge in [-0.25, -0.2) is 13.2 Å². The number of benzene rings is 3. The van der Waals surface area contributed by atoms with Crippen molar-refractivity contribution in [3.05, 3.63) is 101 Å².